The van der Waals surface area contributed by atoms with Gasteiger partial charge in [0.25, 0.3) is 0 Å². The lowest BCUT2D eigenvalue weighted by molar-refractivity contribution is -0.121. The Kier molecular flexibility index (Phi) is 7.80. The molecule has 0 aromatic heterocycles. The molecule has 1 aromatic carbocycles. The van der Waals surface area contributed by atoms with Gasteiger partial charge in [-0.2, -0.15) is 0 Å². The van der Waals surface area contributed by atoms with Crippen molar-refractivity contribution in [2.45, 2.75) is 25.7 Å². The van der Waals surface area contributed by atoms with Crippen LogP contribution in [0.1, 0.15) is 24.8 Å². The number of methoxy groups -OCH3 is 1. The van der Waals surface area contributed by atoms with Crippen LogP contribution in [0.15, 0.2) is 24.3 Å². The van der Waals surface area contributed by atoms with Crippen molar-refractivity contribution in [3.63, 3.8) is 0 Å². The zero-order valence-electron chi connectivity index (χ0n) is 10.7. The summed E-state index contributed by atoms with van der Waals surface area (Å²) in [6.07, 6.45) is 3.56. The van der Waals surface area contributed by atoms with E-state index in [2.05, 4.69) is 27.9 Å². The fraction of sp³-hybridized carbons (Fsp3) is 0.500. The first-order valence-electron chi connectivity index (χ1n) is 6.22. The number of halogens is 1. The summed E-state index contributed by atoms with van der Waals surface area (Å²) in [5.74, 6) is 0.987. The molecule has 0 saturated carbocycles. The second-order valence-electron chi connectivity index (χ2n) is 4.09. The Morgan fingerprint density at radius 1 is 1.28 bits per heavy atom. The van der Waals surface area contributed by atoms with Gasteiger partial charge in [0.15, 0.2) is 0 Å². The summed E-state index contributed by atoms with van der Waals surface area (Å²) in [6.45, 7) is 0.796. The highest BCUT2D eigenvalue weighted by Gasteiger charge is 2.01. The fourth-order valence-electron chi connectivity index (χ4n) is 1.59. The minimum Gasteiger partial charge on any atom is -0.497 e. The van der Waals surface area contributed by atoms with Gasteiger partial charge in [-0.05, 0) is 41.4 Å². The van der Waals surface area contributed by atoms with E-state index in [0.717, 1.165) is 29.6 Å². The molecule has 100 valence electrons. The van der Waals surface area contributed by atoms with Gasteiger partial charge < -0.3 is 10.1 Å². The third-order valence-electron chi connectivity index (χ3n) is 2.68. The molecule has 0 bridgehead atoms. The van der Waals surface area contributed by atoms with Crippen LogP contribution < -0.4 is 10.1 Å². The van der Waals surface area contributed by atoms with Crippen molar-refractivity contribution >= 4 is 28.5 Å². The number of carbonyl (C=O) groups is 1. The SMILES string of the molecule is COc1ccc(CCC(=O)NCCCCI)cc1. The number of amides is 1. The predicted molar refractivity (Wildman–Crippen MR) is 82.4 cm³/mol. The molecule has 0 saturated heterocycles. The van der Waals surface area contributed by atoms with Gasteiger partial charge in [0.05, 0.1) is 7.11 Å². The normalized spacial score (nSPS) is 10.1. The molecule has 0 aliphatic carbocycles. The van der Waals surface area contributed by atoms with Crippen molar-refractivity contribution in [3.05, 3.63) is 29.8 Å². The van der Waals surface area contributed by atoms with Gasteiger partial charge in [-0.1, -0.05) is 34.7 Å². The van der Waals surface area contributed by atoms with Crippen molar-refractivity contribution < 1.29 is 9.53 Å². The standard InChI is InChI=1S/C14H20INO2/c1-18-13-7-4-12(5-8-13)6-9-14(17)16-11-3-2-10-15/h4-5,7-8H,2-3,6,9-11H2,1H3,(H,16,17). The van der Waals surface area contributed by atoms with Gasteiger partial charge in [0, 0.05) is 13.0 Å². The average Bonchev–Trinajstić information content (AvgIpc) is 2.42. The number of hydrogen-bond acceptors (Lipinski definition) is 2. The van der Waals surface area contributed by atoms with Crippen molar-refractivity contribution in [1.82, 2.24) is 5.32 Å². The van der Waals surface area contributed by atoms with E-state index in [0.29, 0.717) is 6.42 Å². The van der Waals surface area contributed by atoms with Crippen molar-refractivity contribution in [2.75, 3.05) is 18.1 Å². The van der Waals surface area contributed by atoms with Gasteiger partial charge in [-0.15, -0.1) is 0 Å². The van der Waals surface area contributed by atoms with E-state index < -0.39 is 0 Å². The minimum atomic E-state index is 0.138. The highest BCUT2D eigenvalue weighted by Crippen LogP contribution is 2.12. The number of ether oxygens (including phenoxy) is 1. The number of carbonyl (C=O) groups excluding carboxylic acids is 1. The third kappa shape index (κ3) is 6.23. The second kappa shape index (κ2) is 9.19. The summed E-state index contributed by atoms with van der Waals surface area (Å²) >= 11 is 2.35. The van der Waals surface area contributed by atoms with Crippen molar-refractivity contribution in [1.29, 1.82) is 0 Å². The number of benzene rings is 1. The van der Waals surface area contributed by atoms with E-state index in [1.807, 2.05) is 24.3 Å². The number of unbranched alkanes of at least 4 members (excludes halogenated alkanes) is 1. The van der Waals surface area contributed by atoms with Crippen LogP contribution in [0.2, 0.25) is 0 Å². The predicted octanol–water partition coefficient (Wildman–Crippen LogP) is 2.96. The number of hydrogen-bond donors (Lipinski definition) is 1. The summed E-state index contributed by atoms with van der Waals surface area (Å²) in [5, 5.41) is 2.94. The molecule has 0 fully saturated rings. The zero-order chi connectivity index (χ0) is 13.2. The van der Waals surface area contributed by atoms with E-state index >= 15 is 0 Å². The molecule has 0 aliphatic heterocycles. The lowest BCUT2D eigenvalue weighted by atomic mass is 10.1. The maximum atomic E-state index is 11.6. The van der Waals surface area contributed by atoms with Crippen LogP contribution in [-0.2, 0) is 11.2 Å². The van der Waals surface area contributed by atoms with Gasteiger partial charge in [0.1, 0.15) is 5.75 Å². The van der Waals surface area contributed by atoms with Crippen LogP contribution in [-0.4, -0.2) is 24.0 Å². The summed E-state index contributed by atoms with van der Waals surface area (Å²) in [5.41, 5.74) is 1.17. The Bertz CT molecular complexity index is 351. The Labute approximate surface area is 122 Å². The van der Waals surface area contributed by atoms with Crippen LogP contribution >= 0.6 is 22.6 Å². The maximum absolute atomic E-state index is 11.6. The van der Waals surface area contributed by atoms with Crippen LogP contribution in [0.4, 0.5) is 0 Å². The highest BCUT2D eigenvalue weighted by atomic mass is 127. The average molecular weight is 361 g/mol. The first-order valence-corrected chi connectivity index (χ1v) is 7.74. The first-order chi connectivity index (χ1) is 8.76. The number of alkyl halides is 1. The lowest BCUT2D eigenvalue weighted by Gasteiger charge is -2.05. The molecule has 1 N–H and O–H groups in total. The molecule has 4 heteroatoms. The lowest BCUT2D eigenvalue weighted by Crippen LogP contribution is -2.24. The number of rotatable bonds is 8. The van der Waals surface area contributed by atoms with Gasteiger partial charge >= 0.3 is 0 Å². The topological polar surface area (TPSA) is 38.3 Å². The molecule has 0 radical (unpaired) electrons. The Hall–Kier alpha value is -0.780. The third-order valence-corrected chi connectivity index (χ3v) is 3.45. The molecule has 0 atom stereocenters. The maximum Gasteiger partial charge on any atom is 0.220 e. The molecule has 18 heavy (non-hydrogen) atoms. The number of aryl methyl sites for hydroxylation is 1. The Morgan fingerprint density at radius 3 is 2.61 bits per heavy atom. The quantitative estimate of drug-likeness (QED) is 0.439. The summed E-state index contributed by atoms with van der Waals surface area (Å²) in [4.78, 5) is 11.6. The Balaban J connectivity index is 2.20. The second-order valence-corrected chi connectivity index (χ2v) is 5.17. The van der Waals surface area contributed by atoms with E-state index in [9.17, 15) is 4.79 Å². The zero-order valence-corrected chi connectivity index (χ0v) is 12.9. The van der Waals surface area contributed by atoms with E-state index in [1.165, 1.54) is 12.0 Å². The molecular formula is C14H20INO2. The van der Waals surface area contributed by atoms with Gasteiger partial charge in [-0.3, -0.25) is 4.79 Å². The molecule has 0 aliphatic rings. The summed E-state index contributed by atoms with van der Waals surface area (Å²) in [6, 6.07) is 7.85. The van der Waals surface area contributed by atoms with E-state index in [-0.39, 0.29) is 5.91 Å². The summed E-state index contributed by atoms with van der Waals surface area (Å²) in [7, 11) is 1.65. The molecule has 1 amide bonds. The summed E-state index contributed by atoms with van der Waals surface area (Å²) < 4.78 is 6.24. The van der Waals surface area contributed by atoms with Crippen LogP contribution in [0.5, 0.6) is 5.75 Å². The van der Waals surface area contributed by atoms with E-state index in [4.69, 9.17) is 4.74 Å². The van der Waals surface area contributed by atoms with Gasteiger partial charge in [-0.25, -0.2) is 0 Å². The molecule has 3 nitrogen and oxygen atoms in total. The van der Waals surface area contributed by atoms with Crippen LogP contribution in [0.3, 0.4) is 0 Å². The molecule has 0 heterocycles. The van der Waals surface area contributed by atoms with Crippen molar-refractivity contribution in [3.8, 4) is 5.75 Å². The van der Waals surface area contributed by atoms with Crippen molar-refractivity contribution in [2.24, 2.45) is 0 Å². The molecular weight excluding hydrogens is 341 g/mol. The van der Waals surface area contributed by atoms with E-state index in [1.54, 1.807) is 7.11 Å². The largest absolute Gasteiger partial charge is 0.497 e. The van der Waals surface area contributed by atoms with Gasteiger partial charge in [0.2, 0.25) is 5.91 Å². The monoisotopic (exact) mass is 361 g/mol. The molecule has 1 aromatic rings. The molecule has 0 spiro atoms. The smallest absolute Gasteiger partial charge is 0.220 e. The Morgan fingerprint density at radius 2 is 2.00 bits per heavy atom. The van der Waals surface area contributed by atoms with Crippen LogP contribution in [0, 0.1) is 0 Å². The highest BCUT2D eigenvalue weighted by molar-refractivity contribution is 14.1. The van der Waals surface area contributed by atoms with Crippen LogP contribution in [0.25, 0.3) is 0 Å². The molecule has 1 rings (SSSR count). The minimum absolute atomic E-state index is 0.138. The fourth-order valence-corrected chi connectivity index (χ4v) is 2.13. The molecule has 0 unspecified atom stereocenters. The number of nitrogens with one attached hydrogen (secondary N) is 1. The first kappa shape index (κ1) is 15.3.